The van der Waals surface area contributed by atoms with Crippen LogP contribution in [0.2, 0.25) is 0 Å². The van der Waals surface area contributed by atoms with Crippen molar-refractivity contribution < 1.29 is 29.3 Å². The Morgan fingerprint density at radius 3 is 1.56 bits per heavy atom. The first-order chi connectivity index (χ1) is 30.5. The summed E-state index contributed by atoms with van der Waals surface area (Å²) in [6.45, 7) is 9.01. The molecule has 2 fully saturated rings. The Hall–Kier alpha value is -4.92. The molecule has 63 heavy (non-hydrogen) atoms. The third-order valence-electron chi connectivity index (χ3n) is 13.3. The Kier molecular flexibility index (Phi) is 20.3. The lowest BCUT2D eigenvalue weighted by atomic mass is 9.80. The molecule has 2 aliphatic rings. The van der Waals surface area contributed by atoms with Crippen molar-refractivity contribution in [3.63, 3.8) is 0 Å². The molecular formula is C55H74N2O6. The highest BCUT2D eigenvalue weighted by Crippen LogP contribution is 2.37. The monoisotopic (exact) mass is 859 g/mol. The second-order valence-electron chi connectivity index (χ2n) is 18.3. The number of rotatable bonds is 27. The minimum atomic E-state index is -2.94. The van der Waals surface area contributed by atoms with E-state index in [4.69, 9.17) is 20.9 Å². The number of hydrogen-bond donors (Lipinski definition) is 4. The van der Waals surface area contributed by atoms with E-state index in [2.05, 4.69) is 13.2 Å². The zero-order valence-electron chi connectivity index (χ0n) is 37.6. The number of hydrogen-bond acceptors (Lipinski definition) is 8. The fraction of sp³-hybridized carbons (Fsp3) is 0.491. The molecule has 0 aromatic heterocycles. The first-order valence-corrected chi connectivity index (χ1v) is 23.7. The van der Waals surface area contributed by atoms with Gasteiger partial charge in [0.1, 0.15) is 11.5 Å². The van der Waals surface area contributed by atoms with Crippen LogP contribution in [0.5, 0.6) is 11.5 Å². The van der Waals surface area contributed by atoms with Gasteiger partial charge in [0.15, 0.2) is 5.78 Å². The molecule has 5 rings (SSSR count). The average Bonchev–Trinajstić information content (AvgIpc) is 3.29. The Morgan fingerprint density at radius 2 is 1.10 bits per heavy atom. The smallest absolute Gasteiger partial charge is 0.235 e. The highest BCUT2D eigenvalue weighted by Gasteiger charge is 2.43. The van der Waals surface area contributed by atoms with E-state index in [9.17, 15) is 19.8 Å². The van der Waals surface area contributed by atoms with Crippen molar-refractivity contribution in [1.82, 2.24) is 0 Å². The topological polar surface area (TPSA) is 145 Å². The van der Waals surface area contributed by atoms with E-state index in [1.165, 1.54) is 127 Å². The number of ketones is 2. The summed E-state index contributed by atoms with van der Waals surface area (Å²) in [6.07, 6.45) is 31.8. The summed E-state index contributed by atoms with van der Waals surface area (Å²) in [4.78, 5) is 26.9. The van der Waals surface area contributed by atoms with Crippen LogP contribution >= 0.6 is 0 Å². The van der Waals surface area contributed by atoms with Gasteiger partial charge in [0.25, 0.3) is 0 Å². The molecule has 1 unspecified atom stereocenters. The number of carbonyl (C=O) groups excluding carboxylic acids is 2. The highest BCUT2D eigenvalue weighted by atomic mass is 16.5. The van der Waals surface area contributed by atoms with E-state index in [0.717, 1.165) is 47.8 Å². The maximum absolute atomic E-state index is 13.5. The van der Waals surface area contributed by atoms with Crippen molar-refractivity contribution >= 4 is 35.1 Å². The van der Waals surface area contributed by atoms with Crippen LogP contribution in [0.1, 0.15) is 145 Å². The molecule has 2 saturated carbocycles. The molecule has 3 aromatic carbocycles. The molecule has 8 nitrogen and oxygen atoms in total. The molecule has 1 atom stereocenters. The molecule has 6 N–H and O–H groups in total. The van der Waals surface area contributed by atoms with E-state index >= 15 is 0 Å². The molecule has 8 heteroatoms. The summed E-state index contributed by atoms with van der Waals surface area (Å²) in [6, 6.07) is 19.5. The molecule has 0 bridgehead atoms. The lowest BCUT2D eigenvalue weighted by molar-refractivity contribution is -0.187. The van der Waals surface area contributed by atoms with Crippen molar-refractivity contribution in [2.75, 3.05) is 24.7 Å². The molecule has 0 spiro atoms. The van der Waals surface area contributed by atoms with Gasteiger partial charge in [-0.3, -0.25) is 9.59 Å². The van der Waals surface area contributed by atoms with Crippen molar-refractivity contribution in [2.24, 2.45) is 23.7 Å². The molecule has 0 aliphatic heterocycles. The summed E-state index contributed by atoms with van der Waals surface area (Å²) in [7, 11) is 0. The van der Waals surface area contributed by atoms with Crippen molar-refractivity contribution in [3.8, 4) is 11.5 Å². The molecule has 0 saturated heterocycles. The minimum absolute atomic E-state index is 0.151. The standard InChI is InChI=1S/C55H74N2O6/c1-3-5-7-9-11-13-41-15-19-45(20-16-41)39-62-49-31-24-43(25-32-49)23-30-48(58)38-52(51-35-29-47(56)37-53(51)57)55(60,61)54(59)36-28-44-26-33-50(34-27-44)63-40-46-21-17-42(18-22-46)14-12-10-8-6-4-2/h3-4,23-37,41-42,45-46,52,60-61H,1-2,5-22,38-40,56-57H2. The van der Waals surface area contributed by atoms with Gasteiger partial charge in [-0.05, 0) is 140 Å². The van der Waals surface area contributed by atoms with E-state index in [-0.39, 0.29) is 17.7 Å². The van der Waals surface area contributed by atoms with Crippen LogP contribution in [0.3, 0.4) is 0 Å². The van der Waals surface area contributed by atoms with E-state index < -0.39 is 23.3 Å². The molecule has 0 heterocycles. The lowest BCUT2D eigenvalue weighted by Crippen LogP contribution is -2.44. The average molecular weight is 859 g/mol. The molecule has 340 valence electrons. The Bertz CT molecular complexity index is 1920. The number of allylic oxidation sites excluding steroid dienone is 3. The van der Waals surface area contributed by atoms with Crippen molar-refractivity contribution in [2.45, 2.75) is 134 Å². The van der Waals surface area contributed by atoms with E-state index in [1.807, 2.05) is 60.7 Å². The summed E-state index contributed by atoms with van der Waals surface area (Å²) in [5.74, 6) is -1.37. The van der Waals surface area contributed by atoms with Crippen LogP contribution in [0.25, 0.3) is 12.2 Å². The Morgan fingerprint density at radius 1 is 0.635 bits per heavy atom. The molecular weight excluding hydrogens is 785 g/mol. The van der Waals surface area contributed by atoms with Gasteiger partial charge in [0.2, 0.25) is 11.6 Å². The number of ether oxygens (including phenoxy) is 2. The summed E-state index contributed by atoms with van der Waals surface area (Å²) in [5, 5.41) is 22.9. The van der Waals surface area contributed by atoms with Crippen LogP contribution in [-0.2, 0) is 9.59 Å². The number of anilines is 2. The number of nitrogen functional groups attached to an aromatic ring is 2. The van der Waals surface area contributed by atoms with Gasteiger partial charge in [-0.1, -0.05) is 119 Å². The number of unbranched alkanes of at least 4 members (excludes halogenated alkanes) is 6. The molecule has 3 aromatic rings. The van der Waals surface area contributed by atoms with Crippen LogP contribution in [0.15, 0.2) is 104 Å². The third-order valence-corrected chi connectivity index (χ3v) is 13.3. The van der Waals surface area contributed by atoms with Gasteiger partial charge in [-0.15, -0.1) is 13.2 Å². The molecule has 2 aliphatic carbocycles. The predicted octanol–water partition coefficient (Wildman–Crippen LogP) is 12.2. The lowest BCUT2D eigenvalue weighted by Gasteiger charge is -2.30. The SMILES string of the molecule is C=CCCCCCC1CCC(COc2ccc(C=CC(=O)CC(c3ccc(N)cc3N)C(O)(O)C(=O)C=Cc3ccc(OCC4CCC(CCCCCC=C)CC4)cc3)cc2)CC1. The van der Waals surface area contributed by atoms with Crippen LogP contribution in [0.4, 0.5) is 11.4 Å². The largest absolute Gasteiger partial charge is 0.493 e. The third kappa shape index (κ3) is 16.6. The molecule has 0 amide bonds. The van der Waals surface area contributed by atoms with Crippen molar-refractivity contribution in [3.05, 3.63) is 121 Å². The second-order valence-corrected chi connectivity index (χ2v) is 18.3. The van der Waals surface area contributed by atoms with Crippen LogP contribution < -0.4 is 20.9 Å². The first-order valence-electron chi connectivity index (χ1n) is 23.7. The zero-order chi connectivity index (χ0) is 44.9. The van der Waals surface area contributed by atoms with Crippen LogP contribution in [-0.4, -0.2) is 40.8 Å². The first kappa shape index (κ1) is 49.1. The number of carbonyl (C=O) groups is 2. The Labute approximate surface area is 377 Å². The fourth-order valence-corrected chi connectivity index (χ4v) is 9.25. The minimum Gasteiger partial charge on any atom is -0.493 e. The number of benzene rings is 3. The van der Waals surface area contributed by atoms with Gasteiger partial charge in [-0.25, -0.2) is 0 Å². The number of nitrogens with two attached hydrogens (primary N) is 2. The quantitative estimate of drug-likeness (QED) is 0.0195. The van der Waals surface area contributed by atoms with Gasteiger partial charge in [-0.2, -0.15) is 0 Å². The zero-order valence-corrected chi connectivity index (χ0v) is 37.6. The van der Waals surface area contributed by atoms with E-state index in [0.29, 0.717) is 36.3 Å². The summed E-state index contributed by atoms with van der Waals surface area (Å²) < 4.78 is 12.3. The number of aliphatic hydroxyl groups is 2. The predicted molar refractivity (Wildman–Crippen MR) is 259 cm³/mol. The van der Waals surface area contributed by atoms with Crippen molar-refractivity contribution in [1.29, 1.82) is 0 Å². The summed E-state index contributed by atoms with van der Waals surface area (Å²) in [5.41, 5.74) is 14.4. The van der Waals surface area contributed by atoms with E-state index in [1.54, 1.807) is 12.1 Å². The second kappa shape index (κ2) is 26.0. The highest BCUT2D eigenvalue weighted by molar-refractivity contribution is 6.01. The summed E-state index contributed by atoms with van der Waals surface area (Å²) >= 11 is 0. The van der Waals surface area contributed by atoms with Gasteiger partial charge in [0, 0.05) is 17.8 Å². The maximum atomic E-state index is 13.5. The maximum Gasteiger partial charge on any atom is 0.235 e. The Balaban J connectivity index is 1.10. The van der Waals surface area contributed by atoms with Gasteiger partial charge < -0.3 is 31.2 Å². The van der Waals surface area contributed by atoms with Gasteiger partial charge >= 0.3 is 0 Å². The van der Waals surface area contributed by atoms with Gasteiger partial charge in [0.05, 0.1) is 19.1 Å². The normalized spacial score (nSPS) is 19.8. The van der Waals surface area contributed by atoms with Crippen LogP contribution in [0, 0.1) is 23.7 Å². The fourth-order valence-electron chi connectivity index (χ4n) is 9.25. The molecule has 0 radical (unpaired) electrons.